The van der Waals surface area contributed by atoms with E-state index in [2.05, 4.69) is 6.07 Å². The molecule has 17 heavy (non-hydrogen) atoms. The van der Waals surface area contributed by atoms with E-state index >= 15 is 0 Å². The summed E-state index contributed by atoms with van der Waals surface area (Å²) in [7, 11) is 0. The molecule has 2 nitrogen and oxygen atoms in total. The summed E-state index contributed by atoms with van der Waals surface area (Å²) in [5, 5.41) is 1.90. The van der Waals surface area contributed by atoms with Gasteiger partial charge in [-0.2, -0.15) is 0 Å². The normalized spacial score (nSPS) is 13.0. The SMILES string of the molecule is Cc1cc(C)c2c(C)c(C)cc(S(=O)[O-])c2c1. The molecule has 0 aliphatic carbocycles. The van der Waals surface area contributed by atoms with Crippen LogP contribution in [0, 0.1) is 27.7 Å². The van der Waals surface area contributed by atoms with E-state index in [1.807, 2.05) is 33.8 Å². The third-order valence-electron chi connectivity index (χ3n) is 3.24. The highest BCUT2D eigenvalue weighted by molar-refractivity contribution is 7.79. The molecule has 2 rings (SSSR count). The molecule has 0 radical (unpaired) electrons. The molecule has 0 saturated carbocycles. The Balaban J connectivity index is 3.04. The number of fused-ring (bicyclic) bond motifs is 1. The summed E-state index contributed by atoms with van der Waals surface area (Å²) in [6.45, 7) is 8.00. The van der Waals surface area contributed by atoms with Crippen molar-refractivity contribution >= 4 is 21.9 Å². The van der Waals surface area contributed by atoms with Crippen molar-refractivity contribution < 1.29 is 8.76 Å². The van der Waals surface area contributed by atoms with Crippen LogP contribution in [0.25, 0.3) is 10.8 Å². The number of hydrogen-bond donors (Lipinski definition) is 0. The van der Waals surface area contributed by atoms with Crippen molar-refractivity contribution in [2.75, 3.05) is 0 Å². The van der Waals surface area contributed by atoms with Gasteiger partial charge in [0.25, 0.3) is 0 Å². The van der Waals surface area contributed by atoms with E-state index in [0.29, 0.717) is 4.90 Å². The minimum Gasteiger partial charge on any atom is -0.768 e. The van der Waals surface area contributed by atoms with Gasteiger partial charge in [0.15, 0.2) is 0 Å². The van der Waals surface area contributed by atoms with Crippen molar-refractivity contribution in [1.82, 2.24) is 0 Å². The highest BCUT2D eigenvalue weighted by atomic mass is 32.2. The molecule has 0 fully saturated rings. The van der Waals surface area contributed by atoms with Gasteiger partial charge in [-0.3, -0.25) is 4.21 Å². The Morgan fingerprint density at radius 1 is 1.00 bits per heavy atom. The van der Waals surface area contributed by atoms with Gasteiger partial charge in [0, 0.05) is 4.90 Å². The molecule has 90 valence electrons. The van der Waals surface area contributed by atoms with Crippen LogP contribution in [0.4, 0.5) is 0 Å². The quantitative estimate of drug-likeness (QED) is 0.725. The fraction of sp³-hybridized carbons (Fsp3) is 0.286. The molecular weight excluding hydrogens is 232 g/mol. The second kappa shape index (κ2) is 4.24. The largest absolute Gasteiger partial charge is 0.768 e. The number of rotatable bonds is 1. The average Bonchev–Trinajstić information content (AvgIpc) is 2.21. The van der Waals surface area contributed by atoms with Crippen molar-refractivity contribution in [2.45, 2.75) is 32.6 Å². The van der Waals surface area contributed by atoms with E-state index in [0.717, 1.165) is 33.0 Å². The van der Waals surface area contributed by atoms with Crippen molar-refractivity contribution in [2.24, 2.45) is 0 Å². The Kier molecular flexibility index (Phi) is 3.06. The summed E-state index contributed by atoms with van der Waals surface area (Å²) in [5.74, 6) is 0. The lowest BCUT2D eigenvalue weighted by molar-refractivity contribution is 0.538. The molecule has 1 unspecified atom stereocenters. The van der Waals surface area contributed by atoms with Crippen molar-refractivity contribution in [3.8, 4) is 0 Å². The first-order valence-corrected chi connectivity index (χ1v) is 6.59. The minimum absolute atomic E-state index is 0.398. The third-order valence-corrected chi connectivity index (χ3v) is 3.94. The van der Waals surface area contributed by atoms with Crippen molar-refractivity contribution in [3.63, 3.8) is 0 Å². The second-order valence-electron chi connectivity index (χ2n) is 4.56. The van der Waals surface area contributed by atoms with Crippen LogP contribution in [0.5, 0.6) is 0 Å². The summed E-state index contributed by atoms with van der Waals surface area (Å²) in [6, 6.07) is 5.78. The zero-order valence-electron chi connectivity index (χ0n) is 10.5. The molecule has 2 aromatic rings. The molecule has 1 atom stereocenters. The Morgan fingerprint density at radius 3 is 2.24 bits per heavy atom. The number of aryl methyl sites for hydroxylation is 4. The summed E-state index contributed by atoms with van der Waals surface area (Å²) < 4.78 is 22.6. The molecule has 2 aromatic carbocycles. The molecule has 0 aromatic heterocycles. The molecule has 0 N–H and O–H groups in total. The van der Waals surface area contributed by atoms with Gasteiger partial charge in [-0.1, -0.05) is 17.7 Å². The first-order valence-electron chi connectivity index (χ1n) is 5.52. The number of benzene rings is 2. The van der Waals surface area contributed by atoms with Crippen LogP contribution in [0.2, 0.25) is 0 Å². The van der Waals surface area contributed by atoms with Crippen molar-refractivity contribution in [1.29, 1.82) is 0 Å². The third kappa shape index (κ3) is 2.01. The van der Waals surface area contributed by atoms with E-state index in [1.165, 1.54) is 0 Å². The highest BCUT2D eigenvalue weighted by Gasteiger charge is 2.10. The summed E-state index contributed by atoms with van der Waals surface area (Å²) in [6.07, 6.45) is 0. The van der Waals surface area contributed by atoms with Gasteiger partial charge in [-0.15, -0.1) is 0 Å². The van der Waals surface area contributed by atoms with Crippen LogP contribution < -0.4 is 0 Å². The standard InChI is InChI=1S/C14H16O2S/c1-8-5-10(3)14-11(4)9(2)7-13(17(15)16)12(14)6-8/h5-7H,1-4H3,(H,15,16)/p-1. The van der Waals surface area contributed by atoms with Gasteiger partial charge in [0.2, 0.25) is 0 Å². The van der Waals surface area contributed by atoms with Crippen LogP contribution >= 0.6 is 0 Å². The fourth-order valence-corrected chi connectivity index (χ4v) is 2.99. The molecule has 0 aliphatic heterocycles. The lowest BCUT2D eigenvalue weighted by Gasteiger charge is -2.16. The van der Waals surface area contributed by atoms with Crippen LogP contribution in [0.15, 0.2) is 23.1 Å². The Morgan fingerprint density at radius 2 is 1.65 bits per heavy atom. The maximum absolute atomic E-state index is 11.3. The lowest BCUT2D eigenvalue weighted by atomic mass is 9.95. The van der Waals surface area contributed by atoms with Gasteiger partial charge in [-0.05, 0) is 72.3 Å². The Labute approximate surface area is 104 Å². The van der Waals surface area contributed by atoms with Gasteiger partial charge >= 0.3 is 0 Å². The molecule has 0 amide bonds. The van der Waals surface area contributed by atoms with Gasteiger partial charge < -0.3 is 4.55 Å². The van der Waals surface area contributed by atoms with E-state index in [-0.39, 0.29) is 0 Å². The van der Waals surface area contributed by atoms with Crippen LogP contribution in [0.1, 0.15) is 22.3 Å². The summed E-state index contributed by atoms with van der Waals surface area (Å²) >= 11 is -2.19. The fourth-order valence-electron chi connectivity index (χ4n) is 2.38. The Bertz CT molecular complexity index is 630. The van der Waals surface area contributed by atoms with E-state index in [4.69, 9.17) is 0 Å². The van der Waals surface area contributed by atoms with E-state index in [9.17, 15) is 8.76 Å². The zero-order chi connectivity index (χ0) is 12.7. The van der Waals surface area contributed by atoms with Crippen LogP contribution in [0.3, 0.4) is 0 Å². The number of hydrogen-bond acceptors (Lipinski definition) is 2. The first kappa shape index (κ1) is 12.3. The second-order valence-corrected chi connectivity index (χ2v) is 5.46. The molecule has 3 heteroatoms. The van der Waals surface area contributed by atoms with Gasteiger partial charge in [0.05, 0.1) is 0 Å². The smallest absolute Gasteiger partial charge is 0.0330 e. The molecule has 0 heterocycles. The molecule has 0 spiro atoms. The lowest BCUT2D eigenvalue weighted by Crippen LogP contribution is -1.97. The van der Waals surface area contributed by atoms with E-state index in [1.54, 1.807) is 6.07 Å². The predicted octanol–water partition coefficient (Wildman–Crippen LogP) is 3.31. The Hall–Kier alpha value is -1.19. The summed E-state index contributed by atoms with van der Waals surface area (Å²) in [5.41, 5.74) is 4.40. The maximum Gasteiger partial charge on any atom is 0.0330 e. The molecule has 0 aliphatic rings. The molecule has 0 bridgehead atoms. The van der Waals surface area contributed by atoms with Gasteiger partial charge in [-0.25, -0.2) is 0 Å². The molecular formula is C14H15O2S-. The zero-order valence-corrected chi connectivity index (χ0v) is 11.3. The summed E-state index contributed by atoms with van der Waals surface area (Å²) in [4.78, 5) is 0.398. The highest BCUT2D eigenvalue weighted by Crippen LogP contribution is 2.30. The van der Waals surface area contributed by atoms with Gasteiger partial charge in [0.1, 0.15) is 0 Å². The van der Waals surface area contributed by atoms with Crippen LogP contribution in [-0.4, -0.2) is 8.76 Å². The monoisotopic (exact) mass is 247 g/mol. The average molecular weight is 247 g/mol. The minimum atomic E-state index is -2.19. The first-order chi connectivity index (χ1) is 7.91. The maximum atomic E-state index is 11.3. The molecule has 0 saturated heterocycles. The van der Waals surface area contributed by atoms with Crippen LogP contribution in [-0.2, 0) is 11.1 Å². The van der Waals surface area contributed by atoms with E-state index < -0.39 is 11.1 Å². The topological polar surface area (TPSA) is 40.1 Å². The van der Waals surface area contributed by atoms with Crippen molar-refractivity contribution in [3.05, 3.63) is 40.5 Å². The predicted molar refractivity (Wildman–Crippen MR) is 70.1 cm³/mol.